The summed E-state index contributed by atoms with van der Waals surface area (Å²) in [6, 6.07) is 4.55. The summed E-state index contributed by atoms with van der Waals surface area (Å²) in [7, 11) is 1.98. The smallest absolute Gasteiger partial charge is 0.0635 e. The predicted molar refractivity (Wildman–Crippen MR) is 70.9 cm³/mol. The molecule has 17 heavy (non-hydrogen) atoms. The maximum absolute atomic E-state index is 5.51. The van der Waals surface area contributed by atoms with Crippen LogP contribution in [0, 0.1) is 0 Å². The third kappa shape index (κ3) is 3.74. The first-order chi connectivity index (χ1) is 8.29. The molecule has 1 unspecified atom stereocenters. The van der Waals surface area contributed by atoms with E-state index in [1.165, 1.54) is 0 Å². The van der Waals surface area contributed by atoms with Gasteiger partial charge in [0.25, 0.3) is 0 Å². The standard InChI is InChI=1S/C12H18BrN3O/c1-14-7-12-9-17-5-4-16(12)8-11-3-2-10(13)6-15-11/h2-3,6,12,14H,4-5,7-9H2,1H3. The van der Waals surface area contributed by atoms with Gasteiger partial charge in [-0.15, -0.1) is 0 Å². The van der Waals surface area contributed by atoms with E-state index in [0.717, 1.165) is 43.0 Å². The van der Waals surface area contributed by atoms with Crippen molar-refractivity contribution in [1.82, 2.24) is 15.2 Å². The van der Waals surface area contributed by atoms with Crippen LogP contribution >= 0.6 is 15.9 Å². The Bertz CT molecular complexity index is 342. The number of hydrogen-bond donors (Lipinski definition) is 1. The van der Waals surface area contributed by atoms with Gasteiger partial charge in [0.05, 0.1) is 18.9 Å². The van der Waals surface area contributed by atoms with Gasteiger partial charge in [-0.1, -0.05) is 0 Å². The molecule has 0 amide bonds. The van der Waals surface area contributed by atoms with Crippen molar-refractivity contribution in [2.24, 2.45) is 0 Å². The Hall–Kier alpha value is -0.490. The zero-order valence-electron chi connectivity index (χ0n) is 10.0. The quantitative estimate of drug-likeness (QED) is 0.908. The Morgan fingerprint density at radius 2 is 2.47 bits per heavy atom. The Kier molecular flexibility index (Phi) is 4.91. The molecule has 1 fully saturated rings. The Labute approximate surface area is 110 Å². The molecule has 1 aliphatic heterocycles. The number of nitrogens with one attached hydrogen (secondary N) is 1. The molecule has 1 aromatic heterocycles. The molecule has 94 valence electrons. The van der Waals surface area contributed by atoms with Crippen molar-refractivity contribution in [1.29, 1.82) is 0 Å². The van der Waals surface area contributed by atoms with E-state index in [-0.39, 0.29) is 0 Å². The Balaban J connectivity index is 1.97. The van der Waals surface area contributed by atoms with Crippen molar-refractivity contribution in [3.8, 4) is 0 Å². The molecule has 1 saturated heterocycles. The average molecular weight is 300 g/mol. The molecule has 0 aliphatic carbocycles. The highest BCUT2D eigenvalue weighted by atomic mass is 79.9. The number of pyridine rings is 1. The van der Waals surface area contributed by atoms with Crippen LogP contribution in [-0.4, -0.2) is 49.3 Å². The van der Waals surface area contributed by atoms with Gasteiger partial charge in [-0.25, -0.2) is 0 Å². The van der Waals surface area contributed by atoms with Crippen molar-refractivity contribution in [3.63, 3.8) is 0 Å². The third-order valence-electron chi connectivity index (χ3n) is 2.94. The number of halogens is 1. The van der Waals surface area contributed by atoms with Crippen LogP contribution in [0.1, 0.15) is 5.69 Å². The predicted octanol–water partition coefficient (Wildman–Crippen LogP) is 1.26. The van der Waals surface area contributed by atoms with E-state index in [1.54, 1.807) is 0 Å². The van der Waals surface area contributed by atoms with Crippen molar-refractivity contribution >= 4 is 15.9 Å². The maximum atomic E-state index is 5.51. The average Bonchev–Trinajstić information content (AvgIpc) is 2.35. The number of aromatic nitrogens is 1. The van der Waals surface area contributed by atoms with Crippen LogP contribution < -0.4 is 5.32 Å². The summed E-state index contributed by atoms with van der Waals surface area (Å²) in [5, 5.41) is 3.21. The van der Waals surface area contributed by atoms with E-state index in [0.29, 0.717) is 6.04 Å². The lowest BCUT2D eigenvalue weighted by Crippen LogP contribution is -2.49. The molecule has 0 radical (unpaired) electrons. The van der Waals surface area contributed by atoms with Gasteiger partial charge < -0.3 is 10.1 Å². The van der Waals surface area contributed by atoms with Gasteiger partial charge in [-0.3, -0.25) is 9.88 Å². The van der Waals surface area contributed by atoms with Crippen LogP contribution in [0.4, 0.5) is 0 Å². The van der Waals surface area contributed by atoms with E-state index < -0.39 is 0 Å². The van der Waals surface area contributed by atoms with E-state index in [1.807, 2.05) is 19.3 Å². The van der Waals surface area contributed by atoms with Crippen molar-refractivity contribution in [2.75, 3.05) is 33.4 Å². The minimum Gasteiger partial charge on any atom is -0.378 e. The molecule has 5 heteroatoms. The fraction of sp³-hybridized carbons (Fsp3) is 0.583. The van der Waals surface area contributed by atoms with Crippen molar-refractivity contribution < 1.29 is 4.74 Å². The number of morpholine rings is 1. The molecule has 1 atom stereocenters. The zero-order chi connectivity index (χ0) is 12.1. The van der Waals surface area contributed by atoms with Crippen LogP contribution in [0.25, 0.3) is 0 Å². The van der Waals surface area contributed by atoms with Gasteiger partial charge in [0.1, 0.15) is 0 Å². The maximum Gasteiger partial charge on any atom is 0.0635 e. The first-order valence-electron chi connectivity index (χ1n) is 5.86. The summed E-state index contributed by atoms with van der Waals surface area (Å²) in [5.74, 6) is 0. The minimum atomic E-state index is 0.444. The monoisotopic (exact) mass is 299 g/mol. The first kappa shape index (κ1) is 13.0. The molecule has 2 rings (SSSR count). The van der Waals surface area contributed by atoms with Gasteiger partial charge in [-0.2, -0.15) is 0 Å². The second-order valence-corrected chi connectivity index (χ2v) is 5.14. The highest BCUT2D eigenvalue weighted by molar-refractivity contribution is 9.10. The van der Waals surface area contributed by atoms with Crippen LogP contribution in [0.15, 0.2) is 22.8 Å². The summed E-state index contributed by atoms with van der Waals surface area (Å²) in [5.41, 5.74) is 1.11. The highest BCUT2D eigenvalue weighted by Crippen LogP contribution is 2.13. The third-order valence-corrected chi connectivity index (χ3v) is 3.41. The fourth-order valence-electron chi connectivity index (χ4n) is 2.03. The van der Waals surface area contributed by atoms with E-state index in [4.69, 9.17) is 4.74 Å². The molecule has 1 aromatic rings. The summed E-state index contributed by atoms with van der Waals surface area (Å²) in [6.45, 7) is 4.44. The summed E-state index contributed by atoms with van der Waals surface area (Å²) in [6.07, 6.45) is 1.85. The topological polar surface area (TPSA) is 37.4 Å². The number of nitrogens with zero attached hydrogens (tertiary/aromatic N) is 2. The van der Waals surface area contributed by atoms with Gasteiger partial charge >= 0.3 is 0 Å². The Morgan fingerprint density at radius 3 is 3.18 bits per heavy atom. The van der Waals surface area contributed by atoms with Crippen LogP contribution in [0.3, 0.4) is 0 Å². The van der Waals surface area contributed by atoms with Crippen LogP contribution in [-0.2, 0) is 11.3 Å². The summed E-state index contributed by atoms with van der Waals surface area (Å²) in [4.78, 5) is 6.84. The SMILES string of the molecule is CNCC1COCCN1Cc1ccc(Br)cn1. The number of hydrogen-bond acceptors (Lipinski definition) is 4. The van der Waals surface area contributed by atoms with Crippen molar-refractivity contribution in [2.45, 2.75) is 12.6 Å². The minimum absolute atomic E-state index is 0.444. The molecule has 0 aromatic carbocycles. The van der Waals surface area contributed by atoms with Gasteiger partial charge in [0.15, 0.2) is 0 Å². The lowest BCUT2D eigenvalue weighted by atomic mass is 10.2. The van der Waals surface area contributed by atoms with Crippen LogP contribution in [0.2, 0.25) is 0 Å². The summed E-state index contributed by atoms with van der Waals surface area (Å²) < 4.78 is 6.54. The second kappa shape index (κ2) is 6.44. The highest BCUT2D eigenvalue weighted by Gasteiger charge is 2.22. The van der Waals surface area contributed by atoms with Gasteiger partial charge in [0, 0.05) is 36.3 Å². The van der Waals surface area contributed by atoms with Crippen LogP contribution in [0.5, 0.6) is 0 Å². The Morgan fingerprint density at radius 1 is 1.59 bits per heavy atom. The summed E-state index contributed by atoms with van der Waals surface area (Å²) >= 11 is 3.40. The molecule has 0 bridgehead atoms. The molecule has 0 saturated carbocycles. The molecule has 1 aliphatic rings. The van der Waals surface area contributed by atoms with E-state index in [9.17, 15) is 0 Å². The van der Waals surface area contributed by atoms with Crippen molar-refractivity contribution in [3.05, 3.63) is 28.5 Å². The first-order valence-corrected chi connectivity index (χ1v) is 6.65. The van der Waals surface area contributed by atoms with E-state index in [2.05, 4.69) is 37.2 Å². The second-order valence-electron chi connectivity index (χ2n) is 4.22. The lowest BCUT2D eigenvalue weighted by Gasteiger charge is -2.35. The van der Waals surface area contributed by atoms with Gasteiger partial charge in [-0.05, 0) is 35.1 Å². The molecular weight excluding hydrogens is 282 g/mol. The molecule has 2 heterocycles. The largest absolute Gasteiger partial charge is 0.378 e. The molecule has 0 spiro atoms. The number of ether oxygens (including phenoxy) is 1. The van der Waals surface area contributed by atoms with Gasteiger partial charge in [0.2, 0.25) is 0 Å². The normalized spacial score (nSPS) is 21.6. The fourth-order valence-corrected chi connectivity index (χ4v) is 2.26. The molecular formula is C12H18BrN3O. The molecule has 4 nitrogen and oxygen atoms in total. The zero-order valence-corrected chi connectivity index (χ0v) is 11.6. The number of rotatable bonds is 4. The molecule has 1 N–H and O–H groups in total. The number of likely N-dealkylation sites (N-methyl/N-ethyl adjacent to an activating group) is 1. The lowest BCUT2D eigenvalue weighted by molar-refractivity contribution is -0.0108. The van der Waals surface area contributed by atoms with E-state index >= 15 is 0 Å².